The van der Waals surface area contributed by atoms with E-state index in [1.54, 1.807) is 36.4 Å². The molecule has 0 aliphatic heterocycles. The molecule has 0 aliphatic rings. The normalized spacial score (nSPS) is 10.9. The van der Waals surface area contributed by atoms with E-state index < -0.39 is 23.4 Å². The Labute approximate surface area is 196 Å². The summed E-state index contributed by atoms with van der Waals surface area (Å²) in [5.41, 5.74) is 0.294. The van der Waals surface area contributed by atoms with E-state index in [4.69, 9.17) is 4.42 Å². The molecule has 0 bridgehead atoms. The summed E-state index contributed by atoms with van der Waals surface area (Å²) in [6.07, 6.45) is 1.50. The van der Waals surface area contributed by atoms with Crippen LogP contribution < -0.4 is 16.2 Å². The van der Waals surface area contributed by atoms with Gasteiger partial charge in [-0.25, -0.2) is 13.8 Å². The van der Waals surface area contributed by atoms with E-state index in [-0.39, 0.29) is 30.1 Å². The van der Waals surface area contributed by atoms with Gasteiger partial charge in [0.15, 0.2) is 16.8 Å². The van der Waals surface area contributed by atoms with Crippen LogP contribution in [0.5, 0.6) is 0 Å². The molecule has 2 N–H and O–H groups in total. The van der Waals surface area contributed by atoms with Crippen molar-refractivity contribution in [1.29, 1.82) is 0 Å². The van der Waals surface area contributed by atoms with Crippen LogP contribution in [0, 0.1) is 11.6 Å². The molecule has 4 aromatic rings. The van der Waals surface area contributed by atoms with Crippen molar-refractivity contribution in [3.05, 3.63) is 88.6 Å². The smallest absolute Gasteiger partial charge is 0.262 e. The fraction of sp³-hybridized carbons (Fsp3) is 0.130. The zero-order chi connectivity index (χ0) is 24.1. The lowest BCUT2D eigenvalue weighted by atomic mass is 10.2. The van der Waals surface area contributed by atoms with Crippen LogP contribution in [-0.2, 0) is 16.1 Å². The third-order valence-electron chi connectivity index (χ3n) is 4.70. The van der Waals surface area contributed by atoms with Crippen molar-refractivity contribution in [3.63, 3.8) is 0 Å². The predicted octanol–water partition coefficient (Wildman–Crippen LogP) is 3.16. The summed E-state index contributed by atoms with van der Waals surface area (Å²) < 4.78 is 33.0. The van der Waals surface area contributed by atoms with Gasteiger partial charge in [0.1, 0.15) is 5.76 Å². The maximum atomic E-state index is 13.2. The molecule has 2 amide bonds. The van der Waals surface area contributed by atoms with E-state index in [0.717, 1.165) is 23.9 Å². The molecule has 2 heterocycles. The van der Waals surface area contributed by atoms with Crippen LogP contribution in [0.1, 0.15) is 5.76 Å². The van der Waals surface area contributed by atoms with Crippen LogP contribution in [0.25, 0.3) is 10.9 Å². The van der Waals surface area contributed by atoms with E-state index in [1.807, 2.05) is 0 Å². The van der Waals surface area contributed by atoms with Gasteiger partial charge in [-0.2, -0.15) is 0 Å². The number of furan rings is 1. The number of nitrogens with zero attached hydrogens (tertiary/aromatic N) is 2. The van der Waals surface area contributed by atoms with Gasteiger partial charge >= 0.3 is 0 Å². The van der Waals surface area contributed by atoms with Gasteiger partial charge in [-0.1, -0.05) is 23.9 Å². The monoisotopic (exact) mass is 484 g/mol. The topological polar surface area (TPSA) is 106 Å². The van der Waals surface area contributed by atoms with E-state index >= 15 is 0 Å². The second kappa shape index (κ2) is 10.3. The number of hydrogen-bond donors (Lipinski definition) is 2. The molecule has 0 fully saturated rings. The van der Waals surface area contributed by atoms with E-state index in [9.17, 15) is 23.2 Å². The second-order valence-electron chi connectivity index (χ2n) is 7.12. The lowest BCUT2D eigenvalue weighted by Gasteiger charge is -2.12. The molecule has 174 valence electrons. The minimum Gasteiger partial charge on any atom is -0.467 e. The van der Waals surface area contributed by atoms with Crippen LogP contribution in [-0.4, -0.2) is 33.7 Å². The molecule has 0 radical (unpaired) electrons. The highest BCUT2D eigenvalue weighted by molar-refractivity contribution is 7.99. The number of carbonyl (C=O) groups is 2. The summed E-state index contributed by atoms with van der Waals surface area (Å²) in [7, 11) is 0. The average Bonchev–Trinajstić information content (AvgIpc) is 3.34. The SMILES string of the molecule is O=C(CSc1nc2ccccc2c(=O)n1Cc1ccco1)NCC(=O)Nc1ccc(F)c(F)c1. The van der Waals surface area contributed by atoms with Crippen molar-refractivity contribution >= 4 is 40.2 Å². The third-order valence-corrected chi connectivity index (χ3v) is 5.68. The number of benzene rings is 2. The van der Waals surface area contributed by atoms with Crippen LogP contribution in [0.2, 0.25) is 0 Å². The van der Waals surface area contributed by atoms with Crippen molar-refractivity contribution in [1.82, 2.24) is 14.9 Å². The standard InChI is InChI=1S/C23H18F2N4O4S/c24-17-8-7-14(10-18(17)25)27-20(30)11-26-21(31)13-34-23-28-19-6-2-1-5-16(19)22(32)29(23)12-15-4-3-9-33-15/h1-10H,11-13H2,(H,26,31)(H,27,30). The van der Waals surface area contributed by atoms with Crippen LogP contribution in [0.4, 0.5) is 14.5 Å². The van der Waals surface area contributed by atoms with Crippen molar-refractivity contribution < 1.29 is 22.8 Å². The molecule has 34 heavy (non-hydrogen) atoms. The highest BCUT2D eigenvalue weighted by Gasteiger charge is 2.15. The van der Waals surface area contributed by atoms with E-state index in [0.29, 0.717) is 21.8 Å². The molecule has 0 atom stereocenters. The van der Waals surface area contributed by atoms with Gasteiger partial charge in [0.25, 0.3) is 5.56 Å². The predicted molar refractivity (Wildman–Crippen MR) is 123 cm³/mol. The fourth-order valence-corrected chi connectivity index (χ4v) is 3.92. The molecule has 0 saturated carbocycles. The third kappa shape index (κ3) is 5.49. The Kier molecular flexibility index (Phi) is 7.02. The van der Waals surface area contributed by atoms with Crippen LogP contribution in [0.3, 0.4) is 0 Å². The Morgan fingerprint density at radius 1 is 1.03 bits per heavy atom. The number of thioether (sulfide) groups is 1. The first-order chi connectivity index (χ1) is 16.4. The van der Waals surface area contributed by atoms with Crippen molar-refractivity contribution in [2.75, 3.05) is 17.6 Å². The van der Waals surface area contributed by atoms with Gasteiger partial charge in [0.05, 0.1) is 36.0 Å². The molecular formula is C23H18F2N4O4S. The summed E-state index contributed by atoms with van der Waals surface area (Å²) in [5.74, 6) is -2.76. The van der Waals surface area contributed by atoms with Gasteiger partial charge in [-0.15, -0.1) is 0 Å². The number of fused-ring (bicyclic) bond motifs is 1. The summed E-state index contributed by atoms with van der Waals surface area (Å²) in [4.78, 5) is 41.8. The Hall–Kier alpha value is -3.99. The maximum absolute atomic E-state index is 13.2. The number of carbonyl (C=O) groups excluding carboxylic acids is 2. The molecule has 0 unspecified atom stereocenters. The minimum absolute atomic E-state index is 0.0647. The van der Waals surface area contributed by atoms with E-state index in [1.165, 1.54) is 16.9 Å². The molecule has 0 aliphatic carbocycles. The number of amides is 2. The van der Waals surface area contributed by atoms with Gasteiger partial charge < -0.3 is 15.1 Å². The highest BCUT2D eigenvalue weighted by atomic mass is 32.2. The zero-order valence-corrected chi connectivity index (χ0v) is 18.4. The number of rotatable bonds is 8. The first kappa shape index (κ1) is 23.2. The molecule has 11 heteroatoms. The molecule has 8 nitrogen and oxygen atoms in total. The molecular weight excluding hydrogens is 466 g/mol. The van der Waals surface area contributed by atoms with E-state index in [2.05, 4.69) is 15.6 Å². The van der Waals surface area contributed by atoms with Crippen LogP contribution in [0.15, 0.2) is 75.2 Å². The lowest BCUT2D eigenvalue weighted by molar-refractivity contribution is -0.122. The highest BCUT2D eigenvalue weighted by Crippen LogP contribution is 2.19. The van der Waals surface area contributed by atoms with Gasteiger partial charge in [0.2, 0.25) is 11.8 Å². The summed E-state index contributed by atoms with van der Waals surface area (Å²) >= 11 is 1.04. The second-order valence-corrected chi connectivity index (χ2v) is 8.07. The minimum atomic E-state index is -1.10. The van der Waals surface area contributed by atoms with Crippen molar-refractivity contribution in [2.24, 2.45) is 0 Å². The first-order valence-electron chi connectivity index (χ1n) is 10.1. The number of aromatic nitrogens is 2. The van der Waals surface area contributed by atoms with Gasteiger partial charge in [-0.3, -0.25) is 19.0 Å². The number of anilines is 1. The molecule has 0 saturated heterocycles. The number of para-hydroxylation sites is 1. The van der Waals surface area contributed by atoms with Crippen molar-refractivity contribution in [3.8, 4) is 0 Å². The summed E-state index contributed by atoms with van der Waals surface area (Å²) in [5, 5.41) is 5.57. The summed E-state index contributed by atoms with van der Waals surface area (Å²) in [6.45, 7) is -0.229. The molecule has 2 aromatic heterocycles. The van der Waals surface area contributed by atoms with Crippen LogP contribution >= 0.6 is 11.8 Å². The zero-order valence-electron chi connectivity index (χ0n) is 17.6. The number of hydrogen-bond acceptors (Lipinski definition) is 6. The van der Waals surface area contributed by atoms with Crippen molar-refractivity contribution in [2.45, 2.75) is 11.7 Å². The number of halogens is 2. The Morgan fingerprint density at radius 3 is 2.62 bits per heavy atom. The lowest BCUT2D eigenvalue weighted by Crippen LogP contribution is -2.34. The molecule has 2 aromatic carbocycles. The Bertz CT molecular complexity index is 1410. The fourth-order valence-electron chi connectivity index (χ4n) is 3.09. The Balaban J connectivity index is 1.41. The Morgan fingerprint density at radius 2 is 1.85 bits per heavy atom. The quantitative estimate of drug-likeness (QED) is 0.294. The maximum Gasteiger partial charge on any atom is 0.262 e. The molecule has 4 rings (SSSR count). The van der Waals surface area contributed by atoms with Gasteiger partial charge in [-0.05, 0) is 36.4 Å². The summed E-state index contributed by atoms with van der Waals surface area (Å²) in [6, 6.07) is 13.3. The van der Waals surface area contributed by atoms with Gasteiger partial charge in [0, 0.05) is 11.8 Å². The molecule has 0 spiro atoms. The average molecular weight is 484 g/mol. The number of nitrogens with one attached hydrogen (secondary N) is 2. The largest absolute Gasteiger partial charge is 0.467 e. The first-order valence-corrected chi connectivity index (χ1v) is 11.1.